The Hall–Kier alpha value is -2.94. The van der Waals surface area contributed by atoms with Crippen LogP contribution in [-0.2, 0) is 11.8 Å². The van der Waals surface area contributed by atoms with E-state index in [9.17, 15) is 18.8 Å². The van der Waals surface area contributed by atoms with Gasteiger partial charge in [-0.15, -0.1) is 0 Å². The van der Waals surface area contributed by atoms with Crippen molar-refractivity contribution in [1.29, 1.82) is 0 Å². The van der Waals surface area contributed by atoms with Crippen LogP contribution in [0.3, 0.4) is 0 Å². The largest absolute Gasteiger partial charge is 0.326 e. The molecule has 2 aromatic rings. The van der Waals surface area contributed by atoms with E-state index in [1.807, 2.05) is 0 Å². The van der Waals surface area contributed by atoms with Gasteiger partial charge in [-0.1, -0.05) is 11.6 Å². The lowest BCUT2D eigenvalue weighted by molar-refractivity contribution is -0.118. The van der Waals surface area contributed by atoms with Gasteiger partial charge in [-0.25, -0.2) is 14.2 Å². The van der Waals surface area contributed by atoms with E-state index < -0.39 is 23.4 Å². The van der Waals surface area contributed by atoms with Gasteiger partial charge in [0.25, 0.3) is 5.56 Å². The number of hydrogen-bond donors (Lipinski definition) is 2. The number of carbonyl (C=O) groups excluding carboxylic acids is 2. The molecular formula is C16H15ClFN5O3. The quantitative estimate of drug-likeness (QED) is 0.844. The molecule has 10 heteroatoms. The van der Waals surface area contributed by atoms with Gasteiger partial charge < -0.3 is 14.8 Å². The zero-order valence-corrected chi connectivity index (χ0v) is 14.5. The van der Waals surface area contributed by atoms with Crippen LogP contribution in [-0.4, -0.2) is 34.1 Å². The molecule has 1 aromatic heterocycles. The molecule has 1 unspecified atom stereocenters. The van der Waals surface area contributed by atoms with E-state index in [0.29, 0.717) is 18.7 Å². The van der Waals surface area contributed by atoms with E-state index in [1.165, 1.54) is 47.1 Å². The van der Waals surface area contributed by atoms with Gasteiger partial charge in [0.15, 0.2) is 0 Å². The summed E-state index contributed by atoms with van der Waals surface area (Å²) in [6.07, 6.45) is 3.19. The summed E-state index contributed by atoms with van der Waals surface area (Å²) in [5.41, 5.74) is -0.0207. The van der Waals surface area contributed by atoms with Crippen molar-refractivity contribution >= 4 is 35.0 Å². The normalized spacial score (nSPS) is 16.7. The lowest BCUT2D eigenvalue weighted by Crippen LogP contribution is -2.44. The second-order valence-electron chi connectivity index (χ2n) is 5.72. The van der Waals surface area contributed by atoms with Gasteiger partial charge in [0.05, 0.1) is 5.02 Å². The highest BCUT2D eigenvalue weighted by molar-refractivity contribution is 6.31. The molecule has 0 aliphatic carbocycles. The Morgan fingerprint density at radius 2 is 2.15 bits per heavy atom. The maximum Gasteiger partial charge on any atom is 0.321 e. The van der Waals surface area contributed by atoms with Gasteiger partial charge in [0, 0.05) is 31.7 Å². The van der Waals surface area contributed by atoms with Crippen LogP contribution in [0.1, 0.15) is 6.42 Å². The van der Waals surface area contributed by atoms with Crippen LogP contribution in [0, 0.1) is 5.82 Å². The summed E-state index contributed by atoms with van der Waals surface area (Å²) in [5, 5.41) is 4.76. The number of urea groups is 1. The summed E-state index contributed by atoms with van der Waals surface area (Å²) in [6.45, 7) is 0.344. The van der Waals surface area contributed by atoms with Gasteiger partial charge in [-0.05, 0) is 24.6 Å². The number of anilines is 2. The predicted molar refractivity (Wildman–Crippen MR) is 93.8 cm³/mol. The average molecular weight is 380 g/mol. The van der Waals surface area contributed by atoms with Crippen molar-refractivity contribution in [3.8, 4) is 0 Å². The zero-order chi connectivity index (χ0) is 18.8. The van der Waals surface area contributed by atoms with Crippen molar-refractivity contribution in [2.45, 2.75) is 12.5 Å². The van der Waals surface area contributed by atoms with Crippen molar-refractivity contribution in [3.63, 3.8) is 0 Å². The number of nitrogens with zero attached hydrogens (tertiary/aromatic N) is 3. The minimum absolute atomic E-state index is 0.0875. The van der Waals surface area contributed by atoms with Crippen LogP contribution >= 0.6 is 11.6 Å². The zero-order valence-electron chi connectivity index (χ0n) is 13.7. The highest BCUT2D eigenvalue weighted by atomic mass is 35.5. The Bertz CT molecular complexity index is 932. The fourth-order valence-electron chi connectivity index (χ4n) is 2.61. The van der Waals surface area contributed by atoms with Crippen LogP contribution < -0.4 is 21.1 Å². The minimum atomic E-state index is -0.772. The second kappa shape index (κ2) is 7.12. The third-order valence-corrected chi connectivity index (χ3v) is 4.26. The third kappa shape index (κ3) is 3.52. The first-order valence-electron chi connectivity index (χ1n) is 7.72. The van der Waals surface area contributed by atoms with Crippen molar-refractivity contribution in [1.82, 2.24) is 14.9 Å². The van der Waals surface area contributed by atoms with Crippen molar-refractivity contribution in [2.24, 2.45) is 7.05 Å². The molecule has 3 rings (SSSR count). The van der Waals surface area contributed by atoms with Gasteiger partial charge >= 0.3 is 6.03 Å². The van der Waals surface area contributed by atoms with E-state index in [1.54, 1.807) is 0 Å². The third-order valence-electron chi connectivity index (χ3n) is 3.97. The molecule has 0 bridgehead atoms. The number of hydrogen-bond acceptors (Lipinski definition) is 4. The Morgan fingerprint density at radius 1 is 1.38 bits per heavy atom. The number of rotatable bonds is 3. The summed E-state index contributed by atoms with van der Waals surface area (Å²) < 4.78 is 14.5. The molecule has 0 spiro atoms. The number of halogens is 2. The standard InChI is InChI=1S/C16H15ClFN5O3/c1-22-7-5-19-13(15(22)25)21-16(26)20-12-4-6-23(14(12)24)9-2-3-11(18)10(17)8-9/h2-3,5,7-8,12H,4,6H2,1H3,(H2,19,20,21,26). The van der Waals surface area contributed by atoms with E-state index in [-0.39, 0.29) is 16.7 Å². The first-order chi connectivity index (χ1) is 12.4. The molecule has 0 radical (unpaired) electrons. The summed E-state index contributed by atoms with van der Waals surface area (Å²) >= 11 is 5.75. The van der Waals surface area contributed by atoms with E-state index >= 15 is 0 Å². The molecule has 136 valence electrons. The van der Waals surface area contributed by atoms with Crippen LogP contribution in [0.2, 0.25) is 5.02 Å². The monoisotopic (exact) mass is 379 g/mol. The number of carbonyl (C=O) groups is 2. The smallest absolute Gasteiger partial charge is 0.321 e. The van der Waals surface area contributed by atoms with Crippen LogP contribution in [0.5, 0.6) is 0 Å². The molecule has 2 N–H and O–H groups in total. The summed E-state index contributed by atoms with van der Waals surface area (Å²) in [4.78, 5) is 41.6. The summed E-state index contributed by atoms with van der Waals surface area (Å²) in [5.74, 6) is -1.06. The van der Waals surface area contributed by atoms with E-state index in [0.717, 1.165) is 0 Å². The molecule has 3 amide bonds. The Balaban J connectivity index is 1.66. The number of aryl methyl sites for hydroxylation is 1. The van der Waals surface area contributed by atoms with Crippen LogP contribution in [0.15, 0.2) is 35.4 Å². The number of aromatic nitrogens is 2. The molecule has 8 nitrogen and oxygen atoms in total. The molecule has 26 heavy (non-hydrogen) atoms. The SMILES string of the molecule is Cn1ccnc(NC(=O)NC2CCN(c3ccc(F)c(Cl)c3)C2=O)c1=O. The first-order valence-corrected chi connectivity index (χ1v) is 8.10. The van der Waals surface area contributed by atoms with E-state index in [2.05, 4.69) is 15.6 Å². The molecule has 1 fully saturated rings. The first kappa shape index (κ1) is 17.9. The summed E-state index contributed by atoms with van der Waals surface area (Å²) in [7, 11) is 1.53. The summed E-state index contributed by atoms with van der Waals surface area (Å²) in [6, 6.07) is 2.49. The van der Waals surface area contributed by atoms with Gasteiger partial charge in [-0.2, -0.15) is 0 Å². The fraction of sp³-hybridized carbons (Fsp3) is 0.250. The predicted octanol–water partition coefficient (Wildman–Crippen LogP) is 1.50. The van der Waals surface area contributed by atoms with Crippen LogP contribution in [0.25, 0.3) is 0 Å². The van der Waals surface area contributed by atoms with Gasteiger partial charge in [-0.3, -0.25) is 14.9 Å². The fourth-order valence-corrected chi connectivity index (χ4v) is 2.78. The average Bonchev–Trinajstić information content (AvgIpc) is 2.95. The molecule has 2 heterocycles. The Kier molecular flexibility index (Phi) is 4.90. The van der Waals surface area contributed by atoms with Crippen molar-refractivity contribution < 1.29 is 14.0 Å². The van der Waals surface area contributed by atoms with Crippen LogP contribution in [0.4, 0.5) is 20.7 Å². The lowest BCUT2D eigenvalue weighted by atomic mass is 10.2. The molecule has 1 atom stereocenters. The van der Waals surface area contributed by atoms with Crippen molar-refractivity contribution in [3.05, 3.63) is 51.8 Å². The Labute approximate surface area is 152 Å². The molecule has 1 saturated heterocycles. The topological polar surface area (TPSA) is 96.3 Å². The number of nitrogens with one attached hydrogen (secondary N) is 2. The number of amides is 3. The maximum absolute atomic E-state index is 13.3. The Morgan fingerprint density at radius 3 is 2.88 bits per heavy atom. The molecule has 0 saturated carbocycles. The molecule has 1 aromatic carbocycles. The van der Waals surface area contributed by atoms with Gasteiger partial charge in [0.2, 0.25) is 11.7 Å². The number of benzene rings is 1. The second-order valence-corrected chi connectivity index (χ2v) is 6.13. The van der Waals surface area contributed by atoms with Gasteiger partial charge in [0.1, 0.15) is 11.9 Å². The van der Waals surface area contributed by atoms with Crippen molar-refractivity contribution in [2.75, 3.05) is 16.8 Å². The lowest BCUT2D eigenvalue weighted by Gasteiger charge is -2.17. The molecular weight excluding hydrogens is 365 g/mol. The highest BCUT2D eigenvalue weighted by Crippen LogP contribution is 2.26. The minimum Gasteiger partial charge on any atom is -0.326 e. The molecule has 1 aliphatic heterocycles. The molecule has 1 aliphatic rings. The maximum atomic E-state index is 13.3. The highest BCUT2D eigenvalue weighted by Gasteiger charge is 2.34. The van der Waals surface area contributed by atoms with E-state index in [4.69, 9.17) is 11.6 Å².